The van der Waals surface area contributed by atoms with Gasteiger partial charge in [0, 0.05) is 0 Å². The van der Waals surface area contributed by atoms with Crippen molar-refractivity contribution in [2.75, 3.05) is 7.11 Å². The molecule has 1 aromatic heterocycles. The van der Waals surface area contributed by atoms with Gasteiger partial charge in [-0.05, 0) is 18.2 Å². The summed E-state index contributed by atoms with van der Waals surface area (Å²) < 4.78 is 19.2. The van der Waals surface area contributed by atoms with Crippen LogP contribution in [0.2, 0.25) is 0 Å². The summed E-state index contributed by atoms with van der Waals surface area (Å²) in [7, 11) is 1.17. The molecule has 2 aromatic rings. The van der Waals surface area contributed by atoms with Gasteiger partial charge < -0.3 is 14.9 Å². The smallest absolute Gasteiger partial charge is 0.340 e. The largest absolute Gasteiger partial charge is 0.465 e. The van der Waals surface area contributed by atoms with E-state index >= 15 is 0 Å². The van der Waals surface area contributed by atoms with Crippen LogP contribution in [0.3, 0.4) is 0 Å². The lowest BCUT2D eigenvalue weighted by Gasteiger charge is -2.12. The van der Waals surface area contributed by atoms with Crippen molar-refractivity contribution in [3.8, 4) is 5.69 Å². The van der Waals surface area contributed by atoms with Crippen LogP contribution in [0.25, 0.3) is 5.69 Å². The summed E-state index contributed by atoms with van der Waals surface area (Å²) in [6.07, 6.45) is 0. The molecule has 0 fully saturated rings. The zero-order valence-corrected chi connectivity index (χ0v) is 10.6. The van der Waals surface area contributed by atoms with E-state index in [1.165, 1.54) is 17.7 Å². The molecule has 1 aromatic carbocycles. The number of rotatable bonds is 4. The molecule has 7 nitrogen and oxygen atoms in total. The second-order valence-electron chi connectivity index (χ2n) is 3.84. The number of aliphatic hydroxyl groups excluding tert-OH is 2. The molecule has 0 radical (unpaired) electrons. The number of ether oxygens (including phenoxy) is 1. The Bertz CT molecular complexity index is 620. The minimum atomic E-state index is -0.749. The predicted octanol–water partition coefficient (Wildman–Crippen LogP) is 0.178. The minimum Gasteiger partial charge on any atom is -0.465 e. The molecule has 0 amide bonds. The van der Waals surface area contributed by atoms with E-state index in [9.17, 15) is 19.4 Å². The topological polar surface area (TPSA) is 97.5 Å². The number of benzene rings is 1. The number of carbonyl (C=O) groups is 1. The third-order valence-corrected chi connectivity index (χ3v) is 2.68. The highest BCUT2D eigenvalue weighted by atomic mass is 19.1. The molecule has 0 aliphatic rings. The highest BCUT2D eigenvalue weighted by Gasteiger charge is 2.20. The zero-order chi connectivity index (χ0) is 14.7. The molecule has 2 rings (SSSR count). The summed E-state index contributed by atoms with van der Waals surface area (Å²) in [6.45, 7) is -0.907. The van der Waals surface area contributed by atoms with Crippen molar-refractivity contribution in [3.63, 3.8) is 0 Å². The number of esters is 1. The summed E-state index contributed by atoms with van der Waals surface area (Å²) in [5.41, 5.74) is 0.160. The summed E-state index contributed by atoms with van der Waals surface area (Å²) in [6, 6.07) is 3.47. The molecule has 0 aliphatic carbocycles. The average Bonchev–Trinajstić information content (AvgIpc) is 2.89. The fourth-order valence-corrected chi connectivity index (χ4v) is 1.81. The Morgan fingerprint density at radius 3 is 2.40 bits per heavy atom. The van der Waals surface area contributed by atoms with Crippen LogP contribution in [-0.4, -0.2) is 38.1 Å². The normalized spacial score (nSPS) is 10.6. The van der Waals surface area contributed by atoms with Gasteiger partial charge in [0.1, 0.15) is 19.0 Å². The number of hydrogen-bond donors (Lipinski definition) is 2. The number of methoxy groups -OCH3 is 1. The maximum absolute atomic E-state index is 13.3. The molecule has 106 valence electrons. The molecule has 0 unspecified atom stereocenters. The number of hydrogen-bond acceptors (Lipinski definition) is 6. The van der Waals surface area contributed by atoms with Gasteiger partial charge >= 0.3 is 5.97 Å². The van der Waals surface area contributed by atoms with E-state index in [0.29, 0.717) is 0 Å². The summed E-state index contributed by atoms with van der Waals surface area (Å²) >= 11 is 0. The standard InChI is InChI=1S/C12H12FN3O4/c1-20-12(19)8-4-7(13)2-3-9(8)16-10(5-17)14-15-11(16)6-18/h2-4,17-18H,5-6H2,1H3. The van der Waals surface area contributed by atoms with Crippen molar-refractivity contribution in [2.24, 2.45) is 0 Å². The molecule has 0 spiro atoms. The van der Waals surface area contributed by atoms with Crippen LogP contribution in [0.1, 0.15) is 22.0 Å². The fourth-order valence-electron chi connectivity index (χ4n) is 1.81. The van der Waals surface area contributed by atoms with E-state index in [-0.39, 0.29) is 22.9 Å². The summed E-state index contributed by atoms with van der Waals surface area (Å²) in [4.78, 5) is 11.7. The molecule has 0 atom stereocenters. The van der Waals surface area contributed by atoms with Gasteiger partial charge in [0.25, 0.3) is 0 Å². The van der Waals surface area contributed by atoms with Crippen LogP contribution in [0.4, 0.5) is 4.39 Å². The Hall–Kier alpha value is -2.32. The number of aliphatic hydroxyl groups is 2. The first-order chi connectivity index (χ1) is 9.62. The number of carbonyl (C=O) groups excluding carboxylic acids is 1. The Balaban J connectivity index is 2.69. The lowest BCUT2D eigenvalue weighted by molar-refractivity contribution is 0.0600. The van der Waals surface area contributed by atoms with Crippen LogP contribution in [0, 0.1) is 5.82 Å². The molecule has 1 heterocycles. The first kappa shape index (κ1) is 14.1. The SMILES string of the molecule is COC(=O)c1cc(F)ccc1-n1c(CO)nnc1CO. The maximum Gasteiger partial charge on any atom is 0.340 e. The van der Waals surface area contributed by atoms with Gasteiger partial charge in [0.15, 0.2) is 11.6 Å². The van der Waals surface area contributed by atoms with Crippen LogP contribution >= 0.6 is 0 Å². The predicted molar refractivity (Wildman–Crippen MR) is 64.5 cm³/mol. The highest BCUT2D eigenvalue weighted by Crippen LogP contribution is 2.20. The monoisotopic (exact) mass is 281 g/mol. The summed E-state index contributed by atoms with van der Waals surface area (Å²) in [5.74, 6) is -1.13. The molecule has 8 heteroatoms. The molecule has 0 saturated heterocycles. The molecule has 0 aliphatic heterocycles. The Morgan fingerprint density at radius 1 is 1.30 bits per heavy atom. The van der Waals surface area contributed by atoms with Crippen molar-refractivity contribution >= 4 is 5.97 Å². The van der Waals surface area contributed by atoms with Gasteiger partial charge in [-0.15, -0.1) is 10.2 Å². The number of halogens is 1. The second kappa shape index (κ2) is 5.76. The molecular weight excluding hydrogens is 269 g/mol. The summed E-state index contributed by atoms with van der Waals surface area (Å²) in [5, 5.41) is 25.8. The van der Waals surface area contributed by atoms with Crippen molar-refractivity contribution in [1.82, 2.24) is 14.8 Å². The van der Waals surface area contributed by atoms with Crippen molar-refractivity contribution in [1.29, 1.82) is 0 Å². The third kappa shape index (κ3) is 2.38. The Kier molecular flexibility index (Phi) is 4.06. The zero-order valence-electron chi connectivity index (χ0n) is 10.6. The first-order valence-electron chi connectivity index (χ1n) is 5.65. The molecule has 0 saturated carbocycles. The van der Waals surface area contributed by atoms with Gasteiger partial charge in [0.2, 0.25) is 0 Å². The maximum atomic E-state index is 13.3. The molecule has 0 bridgehead atoms. The van der Waals surface area contributed by atoms with E-state index in [0.717, 1.165) is 12.1 Å². The average molecular weight is 281 g/mol. The fraction of sp³-hybridized carbons (Fsp3) is 0.250. The third-order valence-electron chi connectivity index (χ3n) is 2.68. The van der Waals surface area contributed by atoms with Gasteiger partial charge in [-0.3, -0.25) is 4.57 Å². The molecule has 20 heavy (non-hydrogen) atoms. The van der Waals surface area contributed by atoms with Gasteiger partial charge in [-0.25, -0.2) is 9.18 Å². The number of aromatic nitrogens is 3. The van der Waals surface area contributed by atoms with E-state index in [1.54, 1.807) is 0 Å². The Labute approximate surface area is 113 Å². The van der Waals surface area contributed by atoms with Crippen molar-refractivity contribution < 1.29 is 24.1 Å². The van der Waals surface area contributed by atoms with Crippen LogP contribution in [-0.2, 0) is 18.0 Å². The second-order valence-corrected chi connectivity index (χ2v) is 3.84. The van der Waals surface area contributed by atoms with Gasteiger partial charge in [0.05, 0.1) is 18.4 Å². The molecular formula is C12H12FN3O4. The number of nitrogens with zero attached hydrogens (tertiary/aromatic N) is 3. The van der Waals surface area contributed by atoms with E-state index in [1.807, 2.05) is 0 Å². The Morgan fingerprint density at radius 2 is 1.90 bits per heavy atom. The van der Waals surface area contributed by atoms with E-state index in [2.05, 4.69) is 14.9 Å². The van der Waals surface area contributed by atoms with E-state index < -0.39 is 25.0 Å². The lowest BCUT2D eigenvalue weighted by atomic mass is 10.1. The lowest BCUT2D eigenvalue weighted by Crippen LogP contribution is -2.13. The van der Waals surface area contributed by atoms with Crippen molar-refractivity contribution in [2.45, 2.75) is 13.2 Å². The van der Waals surface area contributed by atoms with Crippen LogP contribution in [0.15, 0.2) is 18.2 Å². The van der Waals surface area contributed by atoms with E-state index in [4.69, 9.17) is 0 Å². The van der Waals surface area contributed by atoms with Gasteiger partial charge in [-0.1, -0.05) is 0 Å². The minimum absolute atomic E-state index is 0.0586. The highest BCUT2D eigenvalue weighted by molar-refractivity contribution is 5.93. The quantitative estimate of drug-likeness (QED) is 0.776. The van der Waals surface area contributed by atoms with Crippen molar-refractivity contribution in [3.05, 3.63) is 41.2 Å². The first-order valence-corrected chi connectivity index (χ1v) is 5.65. The van der Waals surface area contributed by atoms with Crippen LogP contribution in [0.5, 0.6) is 0 Å². The van der Waals surface area contributed by atoms with Gasteiger partial charge in [-0.2, -0.15) is 0 Å². The van der Waals surface area contributed by atoms with Crippen LogP contribution < -0.4 is 0 Å². The molecule has 2 N–H and O–H groups in total.